The van der Waals surface area contributed by atoms with Gasteiger partial charge < -0.3 is 15.0 Å². The molecule has 2 aromatic carbocycles. The fourth-order valence-electron chi connectivity index (χ4n) is 2.81. The Kier molecular flexibility index (Phi) is 15.5. The van der Waals surface area contributed by atoms with Gasteiger partial charge in [0.15, 0.2) is 0 Å². The smallest absolute Gasteiger partial charge is 0.124 e. The highest BCUT2D eigenvalue weighted by molar-refractivity contribution is 9.10. The highest BCUT2D eigenvalue weighted by Gasteiger charge is 2.08. The fourth-order valence-corrected chi connectivity index (χ4v) is 3.68. The van der Waals surface area contributed by atoms with E-state index >= 15 is 0 Å². The molecule has 0 amide bonds. The molecule has 0 aliphatic heterocycles. The molecule has 2 rings (SSSR count). The predicted molar refractivity (Wildman–Crippen MR) is 134 cm³/mol. The Morgan fingerprint density at radius 3 is 2.38 bits per heavy atom. The Balaban J connectivity index is 0.00000392. The minimum atomic E-state index is 0. The van der Waals surface area contributed by atoms with E-state index < -0.39 is 0 Å². The van der Waals surface area contributed by atoms with Crippen LogP contribution in [0.4, 0.5) is 0 Å². The summed E-state index contributed by atoms with van der Waals surface area (Å²) < 4.78 is 7.07. The number of halogens is 5. The predicted octanol–water partition coefficient (Wildman–Crippen LogP) is 7.00. The Hall–Kier alpha value is -0.200. The molecule has 2 aromatic rings. The lowest BCUT2D eigenvalue weighted by Gasteiger charge is -2.18. The van der Waals surface area contributed by atoms with Crippen LogP contribution >= 0.6 is 63.9 Å². The van der Waals surface area contributed by atoms with Crippen LogP contribution in [0.1, 0.15) is 31.4 Å². The van der Waals surface area contributed by atoms with Crippen molar-refractivity contribution >= 4 is 63.9 Å². The number of ether oxygens (including phenoxy) is 1. The molecule has 0 saturated carbocycles. The summed E-state index contributed by atoms with van der Waals surface area (Å²) in [6.45, 7) is 9.89. The molecule has 0 aliphatic rings. The van der Waals surface area contributed by atoms with E-state index in [1.54, 1.807) is 6.07 Å². The van der Waals surface area contributed by atoms with E-state index in [0.29, 0.717) is 16.7 Å². The molecular formula is C21H29BrCl4N2O. The normalized spacial score (nSPS) is 10.4. The molecule has 29 heavy (non-hydrogen) atoms. The zero-order chi connectivity index (χ0) is 19.6. The number of nitrogens with one attached hydrogen (secondary N) is 1. The van der Waals surface area contributed by atoms with Crippen molar-refractivity contribution in [3.05, 3.63) is 62.0 Å². The van der Waals surface area contributed by atoms with Gasteiger partial charge in [0.2, 0.25) is 0 Å². The zero-order valence-corrected chi connectivity index (χ0v) is 21.5. The minimum Gasteiger partial charge on any atom is -0.489 e. The molecule has 0 radical (unpaired) electrons. The molecule has 0 unspecified atom stereocenters. The van der Waals surface area contributed by atoms with Crippen LogP contribution in [0, 0.1) is 0 Å². The molecule has 0 saturated heterocycles. The highest BCUT2D eigenvalue weighted by atomic mass is 79.9. The topological polar surface area (TPSA) is 24.5 Å². The third kappa shape index (κ3) is 10.1. The lowest BCUT2D eigenvalue weighted by atomic mass is 10.2. The van der Waals surface area contributed by atoms with Crippen LogP contribution in [-0.2, 0) is 13.2 Å². The maximum atomic E-state index is 6.24. The van der Waals surface area contributed by atoms with Crippen molar-refractivity contribution in [1.82, 2.24) is 10.2 Å². The summed E-state index contributed by atoms with van der Waals surface area (Å²) in [6.07, 6.45) is 1.13. The first-order valence-electron chi connectivity index (χ1n) is 9.31. The lowest BCUT2D eigenvalue weighted by Crippen LogP contribution is -2.27. The van der Waals surface area contributed by atoms with Crippen LogP contribution in [0.2, 0.25) is 10.0 Å². The van der Waals surface area contributed by atoms with E-state index in [1.807, 2.05) is 24.3 Å². The summed E-state index contributed by atoms with van der Waals surface area (Å²) in [6, 6.07) is 11.5. The van der Waals surface area contributed by atoms with Gasteiger partial charge in [0.05, 0.1) is 0 Å². The van der Waals surface area contributed by atoms with Gasteiger partial charge in [0.25, 0.3) is 0 Å². The molecule has 0 fully saturated rings. The largest absolute Gasteiger partial charge is 0.489 e. The van der Waals surface area contributed by atoms with E-state index in [2.05, 4.69) is 46.1 Å². The Labute approximate surface area is 205 Å². The SMILES string of the molecule is CCN(CC)CCCNCc1cc(Br)ccc1OCc1ccc(Cl)cc1Cl.Cl.Cl. The highest BCUT2D eigenvalue weighted by Crippen LogP contribution is 2.26. The van der Waals surface area contributed by atoms with Crippen molar-refractivity contribution in [2.75, 3.05) is 26.2 Å². The molecule has 8 heteroatoms. The van der Waals surface area contributed by atoms with E-state index in [-0.39, 0.29) is 24.8 Å². The van der Waals surface area contributed by atoms with Crippen molar-refractivity contribution in [3.63, 3.8) is 0 Å². The van der Waals surface area contributed by atoms with Crippen LogP contribution in [0.5, 0.6) is 5.75 Å². The molecule has 1 N–H and O–H groups in total. The second-order valence-corrected chi connectivity index (χ2v) is 8.09. The summed E-state index contributed by atoms with van der Waals surface area (Å²) >= 11 is 15.7. The number of rotatable bonds is 11. The van der Waals surface area contributed by atoms with Gasteiger partial charge in [-0.05, 0) is 62.9 Å². The van der Waals surface area contributed by atoms with Gasteiger partial charge in [-0.2, -0.15) is 0 Å². The van der Waals surface area contributed by atoms with Gasteiger partial charge in [-0.25, -0.2) is 0 Å². The van der Waals surface area contributed by atoms with Crippen molar-refractivity contribution in [2.24, 2.45) is 0 Å². The van der Waals surface area contributed by atoms with Crippen LogP contribution in [-0.4, -0.2) is 31.1 Å². The second-order valence-electron chi connectivity index (χ2n) is 6.33. The van der Waals surface area contributed by atoms with Crippen LogP contribution in [0.15, 0.2) is 40.9 Å². The summed E-state index contributed by atoms with van der Waals surface area (Å²) in [5.74, 6) is 0.862. The van der Waals surface area contributed by atoms with Crippen LogP contribution < -0.4 is 10.1 Å². The van der Waals surface area contributed by atoms with Gasteiger partial charge in [0, 0.05) is 32.2 Å². The van der Waals surface area contributed by atoms with Gasteiger partial charge >= 0.3 is 0 Å². The van der Waals surface area contributed by atoms with Crippen molar-refractivity contribution in [3.8, 4) is 5.75 Å². The average molecular weight is 547 g/mol. The Bertz CT molecular complexity index is 730. The molecule has 0 heterocycles. The monoisotopic (exact) mass is 544 g/mol. The first-order chi connectivity index (χ1) is 13.0. The first-order valence-corrected chi connectivity index (χ1v) is 10.9. The summed E-state index contributed by atoms with van der Waals surface area (Å²) in [5.41, 5.74) is 2.04. The van der Waals surface area contributed by atoms with E-state index in [0.717, 1.165) is 60.5 Å². The molecule has 0 aliphatic carbocycles. The third-order valence-corrected chi connectivity index (χ3v) is 5.54. The molecule has 0 atom stereocenters. The maximum absolute atomic E-state index is 6.24. The zero-order valence-electron chi connectivity index (χ0n) is 16.7. The lowest BCUT2D eigenvalue weighted by molar-refractivity contribution is 0.295. The van der Waals surface area contributed by atoms with Gasteiger partial charge in [-0.1, -0.05) is 59.0 Å². The average Bonchev–Trinajstić information content (AvgIpc) is 2.65. The fraction of sp³-hybridized carbons (Fsp3) is 0.429. The van der Waals surface area contributed by atoms with Crippen LogP contribution in [0.3, 0.4) is 0 Å². The Morgan fingerprint density at radius 1 is 1.00 bits per heavy atom. The van der Waals surface area contributed by atoms with E-state index in [1.165, 1.54) is 0 Å². The molecule has 0 aromatic heterocycles. The van der Waals surface area contributed by atoms with Crippen LogP contribution in [0.25, 0.3) is 0 Å². The quantitative estimate of drug-likeness (QED) is 0.307. The molecule has 164 valence electrons. The number of benzene rings is 2. The Morgan fingerprint density at radius 2 is 1.72 bits per heavy atom. The van der Waals surface area contributed by atoms with Crippen molar-refractivity contribution < 1.29 is 4.74 Å². The number of hydrogen-bond acceptors (Lipinski definition) is 3. The van der Waals surface area contributed by atoms with E-state index in [9.17, 15) is 0 Å². The summed E-state index contributed by atoms with van der Waals surface area (Å²) in [7, 11) is 0. The number of nitrogens with zero attached hydrogens (tertiary/aromatic N) is 1. The standard InChI is InChI=1S/C21H27BrCl2N2O.2ClH/c1-3-26(4-2)11-5-10-25-14-17-12-18(22)7-9-21(17)27-15-16-6-8-19(23)13-20(16)24;;/h6-9,12-13,25H,3-5,10-11,14-15H2,1-2H3;2*1H. The second kappa shape index (κ2) is 15.6. The summed E-state index contributed by atoms with van der Waals surface area (Å²) in [5, 5.41) is 4.77. The van der Waals surface area contributed by atoms with Crippen molar-refractivity contribution in [2.45, 2.75) is 33.4 Å². The molecule has 0 spiro atoms. The molecular weight excluding hydrogens is 518 g/mol. The van der Waals surface area contributed by atoms with E-state index in [4.69, 9.17) is 27.9 Å². The number of hydrogen-bond donors (Lipinski definition) is 1. The third-order valence-electron chi connectivity index (χ3n) is 4.46. The van der Waals surface area contributed by atoms with Crippen molar-refractivity contribution in [1.29, 1.82) is 0 Å². The molecule has 3 nitrogen and oxygen atoms in total. The van der Waals surface area contributed by atoms with Gasteiger partial charge in [-0.15, -0.1) is 24.8 Å². The first kappa shape index (κ1) is 28.8. The van der Waals surface area contributed by atoms with Gasteiger partial charge in [-0.3, -0.25) is 0 Å². The van der Waals surface area contributed by atoms with Gasteiger partial charge in [0.1, 0.15) is 12.4 Å². The molecule has 0 bridgehead atoms. The maximum Gasteiger partial charge on any atom is 0.124 e. The minimum absolute atomic E-state index is 0. The summed E-state index contributed by atoms with van der Waals surface area (Å²) in [4.78, 5) is 2.44.